The Kier molecular flexibility index (Phi) is 5.47. The van der Waals surface area contributed by atoms with Crippen LogP contribution in [0.25, 0.3) is 0 Å². The number of ether oxygens (including phenoxy) is 2. The van der Waals surface area contributed by atoms with Crippen molar-refractivity contribution in [2.24, 2.45) is 0 Å². The van der Waals surface area contributed by atoms with E-state index < -0.39 is 34.8 Å². The molecule has 0 aromatic heterocycles. The molecule has 2 aromatic rings. The highest BCUT2D eigenvalue weighted by atomic mass is 19.4. The van der Waals surface area contributed by atoms with Crippen molar-refractivity contribution in [2.75, 3.05) is 25.7 Å². The molecular formula is C19H18F3N3O5. The van der Waals surface area contributed by atoms with E-state index in [0.29, 0.717) is 11.3 Å². The monoisotopic (exact) mass is 425 g/mol. The Hall–Kier alpha value is -3.50. The smallest absolute Gasteiger partial charge is 0.422 e. The lowest BCUT2D eigenvalue weighted by atomic mass is 9.84. The molecule has 0 spiro atoms. The third-order valence-electron chi connectivity index (χ3n) is 4.86. The normalized spacial score (nSPS) is 18.4. The number of rotatable bonds is 6. The largest absolute Gasteiger partial charge is 0.497 e. The van der Waals surface area contributed by atoms with Gasteiger partial charge in [-0.3, -0.25) is 15.0 Å². The number of nitro groups is 1. The van der Waals surface area contributed by atoms with Gasteiger partial charge < -0.3 is 14.8 Å². The van der Waals surface area contributed by atoms with Crippen molar-refractivity contribution in [1.82, 2.24) is 5.32 Å². The number of nitrogens with one attached hydrogen (secondary N) is 1. The topological polar surface area (TPSA) is 93.9 Å². The number of methoxy groups -OCH3 is 2. The van der Waals surface area contributed by atoms with E-state index in [-0.39, 0.29) is 18.0 Å². The Balaban J connectivity index is 2.16. The number of carbonyl (C=O) groups is 1. The number of nitrogens with zero attached hydrogens (tertiary/aromatic N) is 2. The van der Waals surface area contributed by atoms with Gasteiger partial charge in [0.25, 0.3) is 0 Å². The van der Waals surface area contributed by atoms with Crippen LogP contribution < -0.4 is 19.7 Å². The van der Waals surface area contributed by atoms with Gasteiger partial charge in [0.1, 0.15) is 11.5 Å². The standard InChI is InChI=1S/C19H18F3N3O5/c1-29-13-8-6-12(7-9-13)10-24-14-4-3-5-15(30-2)16(14)18(11-25(27)28,19(20,21)22)23-17(24)26/h3-9H,10-11H2,1-2H3,(H,23,26)/t18-/m0/s1. The van der Waals surface area contributed by atoms with Gasteiger partial charge in [0.05, 0.1) is 32.0 Å². The van der Waals surface area contributed by atoms with E-state index in [1.54, 1.807) is 24.3 Å². The summed E-state index contributed by atoms with van der Waals surface area (Å²) in [5.41, 5.74) is -3.24. The molecule has 3 rings (SSSR count). The average Bonchev–Trinajstić information content (AvgIpc) is 2.69. The number of urea groups is 1. The van der Waals surface area contributed by atoms with Crippen LogP contribution in [-0.4, -0.2) is 37.9 Å². The molecule has 2 amide bonds. The van der Waals surface area contributed by atoms with E-state index in [0.717, 1.165) is 12.0 Å². The van der Waals surface area contributed by atoms with Crippen molar-refractivity contribution in [3.8, 4) is 11.5 Å². The lowest BCUT2D eigenvalue weighted by Crippen LogP contribution is -2.65. The van der Waals surface area contributed by atoms with Crippen LogP contribution in [0, 0.1) is 10.1 Å². The summed E-state index contributed by atoms with van der Waals surface area (Å²) in [5, 5.41) is 13.0. The maximum absolute atomic E-state index is 14.2. The van der Waals surface area contributed by atoms with E-state index in [9.17, 15) is 28.1 Å². The number of hydrogen-bond donors (Lipinski definition) is 1. The lowest BCUT2D eigenvalue weighted by Gasteiger charge is -2.42. The molecule has 0 saturated heterocycles. The van der Waals surface area contributed by atoms with Gasteiger partial charge in [-0.15, -0.1) is 0 Å². The quantitative estimate of drug-likeness (QED) is 0.565. The van der Waals surface area contributed by atoms with Crippen LogP contribution in [0.4, 0.5) is 23.7 Å². The van der Waals surface area contributed by atoms with Crippen molar-refractivity contribution in [3.05, 3.63) is 63.7 Å². The minimum Gasteiger partial charge on any atom is -0.497 e. The number of hydrogen-bond acceptors (Lipinski definition) is 5. The zero-order chi connectivity index (χ0) is 22.1. The Morgan fingerprint density at radius 1 is 1.13 bits per heavy atom. The number of halogens is 3. The summed E-state index contributed by atoms with van der Waals surface area (Å²) in [7, 11) is 2.65. The second kappa shape index (κ2) is 7.73. The van der Waals surface area contributed by atoms with Crippen LogP contribution in [0.1, 0.15) is 11.1 Å². The predicted molar refractivity (Wildman–Crippen MR) is 100 cm³/mol. The SMILES string of the molecule is COc1ccc(CN2C(=O)N[C@](C[N+](=O)[O-])(C(F)(F)F)c3c(OC)cccc32)cc1. The van der Waals surface area contributed by atoms with Gasteiger partial charge in [-0.05, 0) is 29.8 Å². The van der Waals surface area contributed by atoms with Crippen molar-refractivity contribution in [2.45, 2.75) is 18.3 Å². The first-order valence-electron chi connectivity index (χ1n) is 8.71. The van der Waals surface area contributed by atoms with Crippen LogP contribution in [0.3, 0.4) is 0 Å². The zero-order valence-electron chi connectivity index (χ0n) is 16.0. The van der Waals surface area contributed by atoms with Crippen LogP contribution in [-0.2, 0) is 12.1 Å². The first kappa shape index (κ1) is 21.2. The fraction of sp³-hybridized carbons (Fsp3) is 0.316. The molecule has 160 valence electrons. The third kappa shape index (κ3) is 3.58. The van der Waals surface area contributed by atoms with E-state index in [2.05, 4.69) is 0 Å². The lowest BCUT2D eigenvalue weighted by molar-refractivity contribution is -0.503. The molecule has 30 heavy (non-hydrogen) atoms. The van der Waals surface area contributed by atoms with Gasteiger partial charge >= 0.3 is 12.2 Å². The number of fused-ring (bicyclic) bond motifs is 1. The molecule has 2 aromatic carbocycles. The Morgan fingerprint density at radius 2 is 1.80 bits per heavy atom. The summed E-state index contributed by atoms with van der Waals surface area (Å²) in [6, 6.07) is 9.51. The van der Waals surface area contributed by atoms with Crippen LogP contribution >= 0.6 is 0 Å². The zero-order valence-corrected chi connectivity index (χ0v) is 16.0. The third-order valence-corrected chi connectivity index (χ3v) is 4.86. The van der Waals surface area contributed by atoms with Crippen LogP contribution in [0.15, 0.2) is 42.5 Å². The first-order chi connectivity index (χ1) is 14.1. The Morgan fingerprint density at radius 3 is 2.33 bits per heavy atom. The second-order valence-corrected chi connectivity index (χ2v) is 6.61. The minimum atomic E-state index is -5.15. The van der Waals surface area contributed by atoms with Crippen molar-refractivity contribution < 1.29 is 32.4 Å². The molecule has 1 aliphatic rings. The minimum absolute atomic E-state index is 0.0671. The number of amides is 2. The number of carbonyl (C=O) groups excluding carboxylic acids is 1. The average molecular weight is 425 g/mol. The predicted octanol–water partition coefficient (Wildman–Crippen LogP) is 3.47. The number of benzene rings is 2. The fourth-order valence-electron chi connectivity index (χ4n) is 3.45. The molecule has 0 unspecified atom stereocenters. The number of alkyl halides is 3. The molecule has 1 N–H and O–H groups in total. The summed E-state index contributed by atoms with van der Waals surface area (Å²) in [5.74, 6) is 0.359. The van der Waals surface area contributed by atoms with Gasteiger partial charge in [0, 0.05) is 4.92 Å². The molecule has 0 aliphatic carbocycles. The molecule has 1 heterocycles. The van der Waals surface area contributed by atoms with E-state index >= 15 is 0 Å². The van der Waals surface area contributed by atoms with Gasteiger partial charge in [0.2, 0.25) is 12.1 Å². The summed E-state index contributed by atoms with van der Waals surface area (Å²) >= 11 is 0. The van der Waals surface area contributed by atoms with E-state index in [1.807, 2.05) is 5.32 Å². The van der Waals surface area contributed by atoms with Gasteiger partial charge in [-0.25, -0.2) is 4.79 Å². The highest BCUT2D eigenvalue weighted by Gasteiger charge is 2.65. The van der Waals surface area contributed by atoms with Gasteiger partial charge in [-0.1, -0.05) is 18.2 Å². The maximum atomic E-state index is 14.2. The van der Waals surface area contributed by atoms with E-state index in [4.69, 9.17) is 9.47 Å². The molecule has 0 fully saturated rings. The van der Waals surface area contributed by atoms with Crippen LogP contribution in [0.5, 0.6) is 11.5 Å². The van der Waals surface area contributed by atoms with Gasteiger partial charge in [-0.2, -0.15) is 13.2 Å². The Labute approximate surface area is 169 Å². The molecule has 0 saturated carbocycles. The fourth-order valence-corrected chi connectivity index (χ4v) is 3.45. The molecular weight excluding hydrogens is 407 g/mol. The first-order valence-corrected chi connectivity index (χ1v) is 8.71. The highest BCUT2D eigenvalue weighted by molar-refractivity contribution is 5.97. The van der Waals surface area contributed by atoms with Crippen LogP contribution in [0.2, 0.25) is 0 Å². The molecule has 11 heteroatoms. The summed E-state index contributed by atoms with van der Waals surface area (Å²) in [6.45, 7) is -1.64. The second-order valence-electron chi connectivity index (χ2n) is 6.61. The summed E-state index contributed by atoms with van der Waals surface area (Å²) in [4.78, 5) is 23.9. The summed E-state index contributed by atoms with van der Waals surface area (Å²) < 4.78 is 52.6. The number of anilines is 1. The molecule has 0 bridgehead atoms. The Bertz CT molecular complexity index is 965. The highest BCUT2D eigenvalue weighted by Crippen LogP contribution is 2.49. The van der Waals surface area contributed by atoms with Gasteiger partial charge in [0.15, 0.2) is 0 Å². The van der Waals surface area contributed by atoms with E-state index in [1.165, 1.54) is 25.3 Å². The molecule has 1 atom stereocenters. The maximum Gasteiger partial charge on any atom is 0.422 e. The molecule has 8 nitrogen and oxygen atoms in total. The molecule has 0 radical (unpaired) electrons. The van der Waals surface area contributed by atoms with Crippen molar-refractivity contribution >= 4 is 11.7 Å². The summed E-state index contributed by atoms with van der Waals surface area (Å²) in [6.07, 6.45) is -5.15. The van der Waals surface area contributed by atoms with Crippen molar-refractivity contribution in [3.63, 3.8) is 0 Å². The molecule has 1 aliphatic heterocycles. The van der Waals surface area contributed by atoms with Crippen molar-refractivity contribution in [1.29, 1.82) is 0 Å².